The van der Waals surface area contributed by atoms with Gasteiger partial charge in [0.25, 0.3) is 5.91 Å². The number of aryl methyl sites for hydroxylation is 1. The topological polar surface area (TPSA) is 81.1 Å². The van der Waals surface area contributed by atoms with E-state index >= 15 is 0 Å². The second-order valence-electron chi connectivity index (χ2n) is 7.28. The average molecular weight is 410 g/mol. The molecule has 0 unspecified atom stereocenters. The maximum absolute atomic E-state index is 12.7. The minimum Gasteiger partial charge on any atom is -0.369 e. The zero-order valence-electron chi connectivity index (χ0n) is 15.1. The van der Waals surface area contributed by atoms with Crippen LogP contribution in [0.2, 0.25) is 0 Å². The van der Waals surface area contributed by atoms with Crippen molar-refractivity contribution >= 4 is 29.7 Å². The van der Waals surface area contributed by atoms with Crippen molar-refractivity contribution in [3.63, 3.8) is 0 Å². The van der Waals surface area contributed by atoms with Crippen molar-refractivity contribution in [1.29, 1.82) is 0 Å². The van der Waals surface area contributed by atoms with E-state index in [1.165, 1.54) is 10.4 Å². The summed E-state index contributed by atoms with van der Waals surface area (Å²) in [6.07, 6.45) is 4.95. The van der Waals surface area contributed by atoms with Gasteiger partial charge < -0.3 is 19.9 Å². The number of aromatic nitrogens is 3. The number of piperidine rings is 1. The lowest BCUT2D eigenvalue weighted by Gasteiger charge is -2.40. The first-order valence-corrected chi connectivity index (χ1v) is 10.2. The molecule has 0 atom stereocenters. The van der Waals surface area contributed by atoms with Crippen molar-refractivity contribution in [1.82, 2.24) is 25.4 Å². The molecule has 1 spiro atoms. The van der Waals surface area contributed by atoms with Crippen LogP contribution in [-0.4, -0.2) is 40.4 Å². The number of rotatable bonds is 3. The van der Waals surface area contributed by atoms with Crippen molar-refractivity contribution in [3.8, 4) is 0 Å². The van der Waals surface area contributed by atoms with E-state index in [4.69, 9.17) is 4.74 Å². The summed E-state index contributed by atoms with van der Waals surface area (Å²) >= 11 is 1.60. The Balaban J connectivity index is 0.00000180. The van der Waals surface area contributed by atoms with Gasteiger partial charge in [-0.3, -0.25) is 4.79 Å². The summed E-state index contributed by atoms with van der Waals surface area (Å²) in [5.41, 5.74) is 1.10. The fourth-order valence-corrected chi connectivity index (χ4v) is 5.65. The molecule has 2 aromatic rings. The maximum atomic E-state index is 12.7. The first kappa shape index (κ1) is 18.9. The Bertz CT molecular complexity index is 843. The third-order valence-electron chi connectivity index (χ3n) is 5.70. The van der Waals surface area contributed by atoms with Crippen LogP contribution in [0.5, 0.6) is 0 Å². The van der Waals surface area contributed by atoms with Crippen LogP contribution in [0.25, 0.3) is 0 Å². The molecule has 5 rings (SSSR count). The molecule has 7 nitrogen and oxygen atoms in total. The minimum absolute atomic E-state index is 0. The van der Waals surface area contributed by atoms with Crippen LogP contribution in [0.4, 0.5) is 0 Å². The van der Waals surface area contributed by atoms with Gasteiger partial charge in [0.2, 0.25) is 0 Å². The van der Waals surface area contributed by atoms with Gasteiger partial charge in [0.1, 0.15) is 11.4 Å². The minimum atomic E-state index is -0.185. The van der Waals surface area contributed by atoms with Crippen LogP contribution in [0, 0.1) is 0 Å². The quantitative estimate of drug-likeness (QED) is 0.807. The van der Waals surface area contributed by atoms with Crippen molar-refractivity contribution in [3.05, 3.63) is 33.0 Å². The molecule has 0 saturated carbocycles. The molecule has 1 fully saturated rings. The van der Waals surface area contributed by atoms with E-state index in [2.05, 4.69) is 31.5 Å². The molecular weight excluding hydrogens is 386 g/mol. The van der Waals surface area contributed by atoms with E-state index < -0.39 is 0 Å². The van der Waals surface area contributed by atoms with Gasteiger partial charge >= 0.3 is 0 Å². The summed E-state index contributed by atoms with van der Waals surface area (Å²) in [5, 5.41) is 14.8. The molecule has 0 aromatic carbocycles. The standard InChI is InChI=1S/C18H23N5O2S.ClH/c24-17(20-11-15-22-21-14-2-1-8-23(14)15)13-10-12-3-9-25-18(16(12)26-13)4-6-19-7-5-18;/h10,19H,1-9,11H2,(H,20,24);1H. The molecule has 1 saturated heterocycles. The number of carbonyl (C=O) groups excluding carboxylic acids is 1. The van der Waals surface area contributed by atoms with Crippen LogP contribution in [0.3, 0.4) is 0 Å². The Morgan fingerprint density at radius 3 is 3.04 bits per heavy atom. The van der Waals surface area contributed by atoms with Crippen LogP contribution < -0.4 is 10.6 Å². The van der Waals surface area contributed by atoms with Gasteiger partial charge in [-0.1, -0.05) is 0 Å². The van der Waals surface area contributed by atoms with E-state index in [9.17, 15) is 4.79 Å². The number of hydrogen-bond acceptors (Lipinski definition) is 6. The number of ether oxygens (including phenoxy) is 1. The van der Waals surface area contributed by atoms with Gasteiger partial charge in [-0.2, -0.15) is 0 Å². The monoisotopic (exact) mass is 409 g/mol. The molecule has 1 amide bonds. The first-order valence-electron chi connectivity index (χ1n) is 9.42. The lowest BCUT2D eigenvalue weighted by molar-refractivity contribution is -0.0771. The number of halogens is 1. The number of fused-ring (bicyclic) bond motifs is 3. The second-order valence-corrected chi connectivity index (χ2v) is 8.33. The Hall–Kier alpha value is -1.48. The van der Waals surface area contributed by atoms with Gasteiger partial charge in [-0.05, 0) is 50.4 Å². The molecule has 5 heterocycles. The van der Waals surface area contributed by atoms with Crippen molar-refractivity contribution in [2.45, 2.75) is 50.8 Å². The zero-order valence-corrected chi connectivity index (χ0v) is 16.8. The fraction of sp³-hybridized carbons (Fsp3) is 0.611. The first-order chi connectivity index (χ1) is 12.8. The highest BCUT2D eigenvalue weighted by atomic mass is 35.5. The Labute approximate surface area is 168 Å². The Morgan fingerprint density at radius 2 is 2.19 bits per heavy atom. The molecular formula is C18H24ClN5O2S. The predicted molar refractivity (Wildman–Crippen MR) is 105 cm³/mol. The number of thiophene rings is 1. The molecule has 0 aliphatic carbocycles. The highest BCUT2D eigenvalue weighted by molar-refractivity contribution is 7.14. The molecule has 9 heteroatoms. The summed E-state index contributed by atoms with van der Waals surface area (Å²) in [7, 11) is 0. The van der Waals surface area contributed by atoms with E-state index in [-0.39, 0.29) is 23.9 Å². The van der Waals surface area contributed by atoms with Crippen LogP contribution in [0.1, 0.15) is 51.0 Å². The summed E-state index contributed by atoms with van der Waals surface area (Å²) < 4.78 is 8.33. The number of carbonyl (C=O) groups is 1. The van der Waals surface area contributed by atoms with Gasteiger partial charge in [0, 0.05) is 17.8 Å². The van der Waals surface area contributed by atoms with Crippen molar-refractivity contribution in [2.75, 3.05) is 19.7 Å². The second kappa shape index (κ2) is 7.50. The zero-order chi connectivity index (χ0) is 17.6. The molecule has 0 radical (unpaired) electrons. The van der Waals surface area contributed by atoms with Crippen LogP contribution >= 0.6 is 23.7 Å². The highest BCUT2D eigenvalue weighted by Gasteiger charge is 2.41. The summed E-state index contributed by atoms with van der Waals surface area (Å²) in [6.45, 7) is 4.07. The number of hydrogen-bond donors (Lipinski definition) is 2. The predicted octanol–water partition coefficient (Wildman–Crippen LogP) is 1.79. The third kappa shape index (κ3) is 3.29. The molecule has 146 valence electrons. The van der Waals surface area contributed by atoms with Gasteiger partial charge in [0.05, 0.1) is 18.0 Å². The maximum Gasteiger partial charge on any atom is 0.261 e. The summed E-state index contributed by atoms with van der Waals surface area (Å²) in [4.78, 5) is 14.8. The highest BCUT2D eigenvalue weighted by Crippen LogP contribution is 2.44. The third-order valence-corrected chi connectivity index (χ3v) is 7.06. The Kier molecular flexibility index (Phi) is 5.24. The van der Waals surface area contributed by atoms with Crippen molar-refractivity contribution < 1.29 is 9.53 Å². The largest absolute Gasteiger partial charge is 0.369 e. The van der Waals surface area contributed by atoms with Gasteiger partial charge in [-0.15, -0.1) is 33.9 Å². The van der Waals surface area contributed by atoms with Gasteiger partial charge in [-0.25, -0.2) is 0 Å². The van der Waals surface area contributed by atoms with E-state index in [0.717, 1.165) is 74.9 Å². The van der Waals surface area contributed by atoms with Crippen LogP contribution in [0.15, 0.2) is 6.07 Å². The lowest BCUT2D eigenvalue weighted by Crippen LogP contribution is -2.43. The van der Waals surface area contributed by atoms with E-state index in [1.807, 2.05) is 0 Å². The van der Waals surface area contributed by atoms with E-state index in [0.29, 0.717) is 6.54 Å². The average Bonchev–Trinajstić information content (AvgIpc) is 3.37. The molecule has 2 aromatic heterocycles. The van der Waals surface area contributed by atoms with Crippen molar-refractivity contribution in [2.24, 2.45) is 0 Å². The normalized spacial score (nSPS) is 20.0. The number of nitrogens with one attached hydrogen (secondary N) is 2. The SMILES string of the molecule is Cl.O=C(NCc1nnc2n1CCC2)c1cc2c(s1)C1(CCNCC1)OCC2. The molecule has 27 heavy (non-hydrogen) atoms. The number of amides is 1. The summed E-state index contributed by atoms with van der Waals surface area (Å²) in [5.74, 6) is 1.86. The van der Waals surface area contributed by atoms with E-state index in [1.54, 1.807) is 11.3 Å². The number of nitrogens with zero attached hydrogens (tertiary/aromatic N) is 3. The van der Waals surface area contributed by atoms with Gasteiger partial charge in [0.15, 0.2) is 5.82 Å². The smallest absolute Gasteiger partial charge is 0.261 e. The summed E-state index contributed by atoms with van der Waals surface area (Å²) in [6, 6.07) is 2.07. The molecule has 3 aliphatic heterocycles. The van der Waals surface area contributed by atoms with Crippen LogP contribution in [-0.2, 0) is 36.3 Å². The molecule has 2 N–H and O–H groups in total. The fourth-order valence-electron chi connectivity index (χ4n) is 4.32. The Morgan fingerprint density at radius 1 is 1.33 bits per heavy atom. The molecule has 3 aliphatic rings. The lowest BCUT2D eigenvalue weighted by atomic mass is 9.86. The molecule has 0 bridgehead atoms.